The van der Waals surface area contributed by atoms with Crippen LogP contribution in [0.25, 0.3) is 0 Å². The van der Waals surface area contributed by atoms with Crippen LogP contribution in [0.1, 0.15) is 36.7 Å². The van der Waals surface area contributed by atoms with Crippen molar-refractivity contribution < 1.29 is 14.3 Å². The van der Waals surface area contributed by atoms with Crippen LogP contribution in [-0.4, -0.2) is 24.2 Å². The Morgan fingerprint density at radius 3 is 2.94 bits per heavy atom. The van der Waals surface area contributed by atoms with E-state index < -0.39 is 0 Å². The number of aliphatic hydroxyl groups is 1. The first-order valence-electron chi connectivity index (χ1n) is 5.70. The fourth-order valence-corrected chi connectivity index (χ4v) is 1.67. The number of hydrogen-bond donors (Lipinski definition) is 2. The Morgan fingerprint density at radius 2 is 2.38 bits per heavy atom. The van der Waals surface area contributed by atoms with Crippen LogP contribution < -0.4 is 5.32 Å². The molecule has 2 N–H and O–H groups in total. The van der Waals surface area contributed by atoms with Crippen LogP contribution in [0.15, 0.2) is 22.8 Å². The minimum atomic E-state index is -0.191. The summed E-state index contributed by atoms with van der Waals surface area (Å²) in [6.45, 7) is 2.86. The maximum atomic E-state index is 11.6. The van der Waals surface area contributed by atoms with Gasteiger partial charge in [-0.15, -0.1) is 0 Å². The third-order valence-corrected chi connectivity index (χ3v) is 2.53. The Morgan fingerprint density at radius 1 is 1.56 bits per heavy atom. The van der Waals surface area contributed by atoms with Crippen molar-refractivity contribution in [1.29, 1.82) is 0 Å². The first-order valence-corrected chi connectivity index (χ1v) is 5.70. The standard InChI is InChI=1S/C12H19NO3/c1-2-4-10(6-7-14)9-13-12(15)11-5-3-8-16-11/h3,5,8,10,14H,2,4,6-7,9H2,1H3,(H,13,15). The van der Waals surface area contributed by atoms with Crippen LogP contribution in [-0.2, 0) is 0 Å². The van der Waals surface area contributed by atoms with Crippen LogP contribution in [0.4, 0.5) is 0 Å². The lowest BCUT2D eigenvalue weighted by Gasteiger charge is -2.14. The highest BCUT2D eigenvalue weighted by Crippen LogP contribution is 2.09. The Bertz CT molecular complexity index is 289. The molecule has 90 valence electrons. The predicted octanol–water partition coefficient (Wildman–Crippen LogP) is 1.81. The summed E-state index contributed by atoms with van der Waals surface area (Å²) in [5, 5.41) is 11.7. The average Bonchev–Trinajstić information content (AvgIpc) is 2.79. The summed E-state index contributed by atoms with van der Waals surface area (Å²) in [5.41, 5.74) is 0. The number of amides is 1. The van der Waals surface area contributed by atoms with E-state index in [1.54, 1.807) is 12.1 Å². The molecule has 0 bridgehead atoms. The summed E-state index contributed by atoms with van der Waals surface area (Å²) in [4.78, 5) is 11.6. The largest absolute Gasteiger partial charge is 0.459 e. The van der Waals surface area contributed by atoms with Gasteiger partial charge in [0.15, 0.2) is 5.76 Å². The van der Waals surface area contributed by atoms with E-state index >= 15 is 0 Å². The molecule has 1 amide bonds. The molecule has 1 aromatic heterocycles. The van der Waals surface area contributed by atoms with Gasteiger partial charge in [0.1, 0.15) is 0 Å². The van der Waals surface area contributed by atoms with Gasteiger partial charge >= 0.3 is 0 Å². The van der Waals surface area contributed by atoms with Gasteiger partial charge in [0, 0.05) is 13.2 Å². The highest BCUT2D eigenvalue weighted by atomic mass is 16.3. The number of hydrogen-bond acceptors (Lipinski definition) is 3. The molecule has 0 radical (unpaired) electrons. The number of nitrogens with one attached hydrogen (secondary N) is 1. The van der Waals surface area contributed by atoms with Gasteiger partial charge in [-0.2, -0.15) is 0 Å². The summed E-state index contributed by atoms with van der Waals surface area (Å²) in [5.74, 6) is 0.484. The summed E-state index contributed by atoms with van der Waals surface area (Å²) < 4.78 is 4.99. The fourth-order valence-electron chi connectivity index (χ4n) is 1.67. The molecule has 0 spiro atoms. The minimum absolute atomic E-state index is 0.168. The molecule has 0 aliphatic rings. The van der Waals surface area contributed by atoms with E-state index in [0.717, 1.165) is 19.3 Å². The lowest BCUT2D eigenvalue weighted by molar-refractivity contribution is 0.0915. The quantitative estimate of drug-likeness (QED) is 0.744. The van der Waals surface area contributed by atoms with Crippen LogP contribution >= 0.6 is 0 Å². The zero-order valence-corrected chi connectivity index (χ0v) is 9.61. The van der Waals surface area contributed by atoms with Crippen LogP contribution in [0, 0.1) is 5.92 Å². The third-order valence-electron chi connectivity index (χ3n) is 2.53. The van der Waals surface area contributed by atoms with E-state index in [0.29, 0.717) is 18.2 Å². The third kappa shape index (κ3) is 4.06. The zero-order chi connectivity index (χ0) is 11.8. The summed E-state index contributed by atoms with van der Waals surface area (Å²) in [6.07, 6.45) is 4.28. The maximum Gasteiger partial charge on any atom is 0.286 e. The summed E-state index contributed by atoms with van der Waals surface area (Å²) in [6, 6.07) is 3.32. The number of furan rings is 1. The monoisotopic (exact) mass is 225 g/mol. The number of carbonyl (C=O) groups excluding carboxylic acids is 1. The molecular weight excluding hydrogens is 206 g/mol. The Kier molecular flexibility index (Phi) is 5.64. The van der Waals surface area contributed by atoms with Crippen molar-refractivity contribution in [3.05, 3.63) is 24.2 Å². The minimum Gasteiger partial charge on any atom is -0.459 e. The average molecular weight is 225 g/mol. The number of aliphatic hydroxyl groups excluding tert-OH is 1. The van der Waals surface area contributed by atoms with Crippen LogP contribution in [0.5, 0.6) is 0 Å². The molecule has 0 aliphatic carbocycles. The molecule has 0 aromatic carbocycles. The molecule has 1 unspecified atom stereocenters. The normalized spacial score (nSPS) is 12.4. The summed E-state index contributed by atoms with van der Waals surface area (Å²) >= 11 is 0. The zero-order valence-electron chi connectivity index (χ0n) is 9.61. The van der Waals surface area contributed by atoms with Crippen molar-refractivity contribution in [3.63, 3.8) is 0 Å². The topological polar surface area (TPSA) is 62.5 Å². The number of rotatable bonds is 7. The van der Waals surface area contributed by atoms with Gasteiger partial charge in [0.05, 0.1) is 6.26 Å². The SMILES string of the molecule is CCCC(CCO)CNC(=O)c1ccco1. The van der Waals surface area contributed by atoms with E-state index in [4.69, 9.17) is 9.52 Å². The fraction of sp³-hybridized carbons (Fsp3) is 0.583. The van der Waals surface area contributed by atoms with Crippen molar-refractivity contribution in [2.75, 3.05) is 13.2 Å². The lowest BCUT2D eigenvalue weighted by atomic mass is 10.0. The van der Waals surface area contributed by atoms with Gasteiger partial charge in [-0.3, -0.25) is 4.79 Å². The lowest BCUT2D eigenvalue weighted by Crippen LogP contribution is -2.29. The van der Waals surface area contributed by atoms with Crippen molar-refractivity contribution >= 4 is 5.91 Å². The van der Waals surface area contributed by atoms with Crippen molar-refractivity contribution in [2.24, 2.45) is 5.92 Å². The maximum absolute atomic E-state index is 11.6. The molecule has 0 saturated heterocycles. The second kappa shape index (κ2) is 7.06. The molecule has 1 atom stereocenters. The highest BCUT2D eigenvalue weighted by molar-refractivity contribution is 5.91. The molecule has 1 heterocycles. The van der Waals surface area contributed by atoms with Crippen molar-refractivity contribution in [1.82, 2.24) is 5.32 Å². The van der Waals surface area contributed by atoms with E-state index in [9.17, 15) is 4.79 Å². The van der Waals surface area contributed by atoms with Gasteiger partial charge in [-0.25, -0.2) is 0 Å². The van der Waals surface area contributed by atoms with Crippen molar-refractivity contribution in [3.8, 4) is 0 Å². The molecule has 16 heavy (non-hydrogen) atoms. The van der Waals surface area contributed by atoms with Crippen LogP contribution in [0.3, 0.4) is 0 Å². The van der Waals surface area contributed by atoms with Crippen molar-refractivity contribution in [2.45, 2.75) is 26.2 Å². The molecule has 0 fully saturated rings. The van der Waals surface area contributed by atoms with Gasteiger partial charge in [0.25, 0.3) is 5.91 Å². The first-order chi connectivity index (χ1) is 7.77. The molecule has 4 heteroatoms. The van der Waals surface area contributed by atoms with Crippen LogP contribution in [0.2, 0.25) is 0 Å². The summed E-state index contributed by atoms with van der Waals surface area (Å²) in [7, 11) is 0. The molecule has 4 nitrogen and oxygen atoms in total. The number of carbonyl (C=O) groups is 1. The Balaban J connectivity index is 2.34. The second-order valence-corrected chi connectivity index (χ2v) is 3.85. The highest BCUT2D eigenvalue weighted by Gasteiger charge is 2.11. The second-order valence-electron chi connectivity index (χ2n) is 3.85. The molecule has 1 aromatic rings. The molecule has 0 saturated carbocycles. The van der Waals surface area contributed by atoms with Gasteiger partial charge in [0.2, 0.25) is 0 Å². The molecule has 1 rings (SSSR count). The van der Waals surface area contributed by atoms with E-state index in [1.807, 2.05) is 0 Å². The predicted molar refractivity (Wildman–Crippen MR) is 61.1 cm³/mol. The van der Waals surface area contributed by atoms with E-state index in [1.165, 1.54) is 6.26 Å². The van der Waals surface area contributed by atoms with E-state index in [2.05, 4.69) is 12.2 Å². The molecule has 0 aliphatic heterocycles. The Labute approximate surface area is 95.7 Å². The Hall–Kier alpha value is -1.29. The van der Waals surface area contributed by atoms with Gasteiger partial charge in [-0.1, -0.05) is 13.3 Å². The van der Waals surface area contributed by atoms with Gasteiger partial charge < -0.3 is 14.8 Å². The smallest absolute Gasteiger partial charge is 0.286 e. The molecular formula is C12H19NO3. The van der Waals surface area contributed by atoms with Gasteiger partial charge in [-0.05, 0) is 30.9 Å². The first kappa shape index (κ1) is 12.8. The van der Waals surface area contributed by atoms with E-state index in [-0.39, 0.29) is 12.5 Å².